The maximum Gasteiger partial charge on any atom is 0.0810 e. The molecule has 2 aromatic rings. The lowest BCUT2D eigenvalue weighted by Gasteiger charge is -2.12. The third-order valence-corrected chi connectivity index (χ3v) is 5.35. The summed E-state index contributed by atoms with van der Waals surface area (Å²) in [5, 5.41) is 4.27. The number of hydrogen-bond acceptors (Lipinski definition) is 4. The summed E-state index contributed by atoms with van der Waals surface area (Å²) in [6.45, 7) is 0. The minimum absolute atomic E-state index is 0.164. The molecule has 0 saturated carbocycles. The first-order chi connectivity index (χ1) is 8.38. The van der Waals surface area contributed by atoms with E-state index in [4.69, 9.17) is 5.84 Å². The highest BCUT2D eigenvalue weighted by Crippen LogP contribution is 2.35. The molecular weight excluding hydrogens is 248 g/mol. The quantitative estimate of drug-likeness (QED) is 0.660. The Morgan fingerprint density at radius 1 is 1.29 bits per heavy atom. The van der Waals surface area contributed by atoms with Crippen LogP contribution in [0.2, 0.25) is 0 Å². The van der Waals surface area contributed by atoms with Crippen molar-refractivity contribution < 1.29 is 0 Å². The highest BCUT2D eigenvalue weighted by Gasteiger charge is 2.19. The van der Waals surface area contributed by atoms with Crippen LogP contribution in [0.5, 0.6) is 0 Å². The maximum atomic E-state index is 5.72. The van der Waals surface area contributed by atoms with E-state index in [9.17, 15) is 0 Å². The minimum atomic E-state index is 0.164. The molecule has 0 saturated heterocycles. The molecular formula is C13H16N2S2. The maximum absolute atomic E-state index is 5.72. The number of rotatable bonds is 3. The van der Waals surface area contributed by atoms with Crippen molar-refractivity contribution in [2.75, 3.05) is 0 Å². The van der Waals surface area contributed by atoms with Crippen molar-refractivity contribution in [3.63, 3.8) is 0 Å². The third-order valence-electron chi connectivity index (χ3n) is 3.34. The molecule has 0 fully saturated rings. The number of nitrogens with two attached hydrogens (primary N) is 1. The molecule has 2 heterocycles. The van der Waals surface area contributed by atoms with Crippen LogP contribution < -0.4 is 11.3 Å². The van der Waals surface area contributed by atoms with Crippen molar-refractivity contribution in [2.45, 2.75) is 31.7 Å². The Morgan fingerprint density at radius 2 is 2.18 bits per heavy atom. The van der Waals surface area contributed by atoms with E-state index >= 15 is 0 Å². The number of hydrazine groups is 1. The molecule has 4 heteroatoms. The van der Waals surface area contributed by atoms with Crippen LogP contribution in [0.4, 0.5) is 0 Å². The first kappa shape index (κ1) is 11.4. The molecule has 3 N–H and O–H groups in total. The van der Waals surface area contributed by atoms with Crippen LogP contribution in [-0.4, -0.2) is 0 Å². The molecule has 0 radical (unpaired) electrons. The Bertz CT molecular complexity index is 464. The molecule has 0 aromatic carbocycles. The first-order valence-corrected chi connectivity index (χ1v) is 7.74. The van der Waals surface area contributed by atoms with Gasteiger partial charge in [-0.1, -0.05) is 0 Å². The lowest BCUT2D eigenvalue weighted by Crippen LogP contribution is -2.27. The SMILES string of the molecule is NNC(c1ccsc1)c1cc2c(s1)CCCC2. The van der Waals surface area contributed by atoms with Crippen LogP contribution in [0.25, 0.3) is 0 Å². The fourth-order valence-electron chi connectivity index (χ4n) is 2.44. The normalized spacial score (nSPS) is 16.8. The van der Waals surface area contributed by atoms with Crippen LogP contribution >= 0.6 is 22.7 Å². The van der Waals surface area contributed by atoms with E-state index in [0.29, 0.717) is 0 Å². The fraction of sp³-hybridized carbons (Fsp3) is 0.385. The van der Waals surface area contributed by atoms with Gasteiger partial charge in [0, 0.05) is 9.75 Å². The molecule has 0 spiro atoms. The van der Waals surface area contributed by atoms with Gasteiger partial charge in [-0.25, -0.2) is 5.43 Å². The van der Waals surface area contributed by atoms with Gasteiger partial charge in [0.2, 0.25) is 0 Å². The number of hydrogen-bond donors (Lipinski definition) is 2. The van der Waals surface area contributed by atoms with E-state index in [1.165, 1.54) is 36.1 Å². The monoisotopic (exact) mass is 264 g/mol. The van der Waals surface area contributed by atoms with Crippen LogP contribution in [-0.2, 0) is 12.8 Å². The second-order valence-electron chi connectivity index (χ2n) is 4.46. The van der Waals surface area contributed by atoms with Crippen LogP contribution in [0, 0.1) is 0 Å². The number of aryl methyl sites for hydroxylation is 2. The van der Waals surface area contributed by atoms with E-state index in [2.05, 4.69) is 28.3 Å². The Hall–Kier alpha value is -0.680. The summed E-state index contributed by atoms with van der Waals surface area (Å²) < 4.78 is 0. The van der Waals surface area contributed by atoms with E-state index in [0.717, 1.165) is 0 Å². The van der Waals surface area contributed by atoms with Gasteiger partial charge >= 0.3 is 0 Å². The molecule has 1 aliphatic carbocycles. The Morgan fingerprint density at radius 3 is 2.88 bits per heavy atom. The summed E-state index contributed by atoms with van der Waals surface area (Å²) >= 11 is 3.65. The van der Waals surface area contributed by atoms with Crippen molar-refractivity contribution in [1.82, 2.24) is 5.43 Å². The molecule has 0 amide bonds. The zero-order valence-electron chi connectivity index (χ0n) is 9.61. The smallest absolute Gasteiger partial charge is 0.0810 e. The second kappa shape index (κ2) is 4.90. The van der Waals surface area contributed by atoms with Crippen molar-refractivity contribution in [2.24, 2.45) is 5.84 Å². The summed E-state index contributed by atoms with van der Waals surface area (Å²) in [5.41, 5.74) is 5.77. The van der Waals surface area contributed by atoms with Gasteiger partial charge < -0.3 is 0 Å². The molecule has 17 heavy (non-hydrogen) atoms. The van der Waals surface area contributed by atoms with Gasteiger partial charge in [0.1, 0.15) is 0 Å². The van der Waals surface area contributed by atoms with E-state index in [1.807, 2.05) is 11.3 Å². The van der Waals surface area contributed by atoms with Crippen LogP contribution in [0.3, 0.4) is 0 Å². The Labute approximate surface area is 109 Å². The van der Waals surface area contributed by atoms with Crippen molar-refractivity contribution in [1.29, 1.82) is 0 Å². The summed E-state index contributed by atoms with van der Waals surface area (Å²) in [7, 11) is 0. The van der Waals surface area contributed by atoms with Crippen molar-refractivity contribution in [3.05, 3.63) is 43.8 Å². The molecule has 1 unspecified atom stereocenters. The largest absolute Gasteiger partial charge is 0.271 e. The fourth-order valence-corrected chi connectivity index (χ4v) is 4.47. The highest BCUT2D eigenvalue weighted by molar-refractivity contribution is 7.12. The van der Waals surface area contributed by atoms with Gasteiger partial charge in [0.15, 0.2) is 0 Å². The van der Waals surface area contributed by atoms with Crippen molar-refractivity contribution in [3.8, 4) is 0 Å². The predicted molar refractivity (Wildman–Crippen MR) is 74.4 cm³/mol. The zero-order chi connectivity index (χ0) is 11.7. The summed E-state index contributed by atoms with van der Waals surface area (Å²) in [6, 6.07) is 4.66. The van der Waals surface area contributed by atoms with E-state index in [1.54, 1.807) is 21.8 Å². The van der Waals surface area contributed by atoms with Crippen LogP contribution in [0.1, 0.15) is 39.8 Å². The summed E-state index contributed by atoms with van der Waals surface area (Å²) in [6.07, 6.45) is 5.17. The third kappa shape index (κ3) is 2.18. The van der Waals surface area contributed by atoms with E-state index in [-0.39, 0.29) is 6.04 Å². The van der Waals surface area contributed by atoms with Crippen molar-refractivity contribution >= 4 is 22.7 Å². The molecule has 2 nitrogen and oxygen atoms in total. The lowest BCUT2D eigenvalue weighted by atomic mass is 9.98. The first-order valence-electron chi connectivity index (χ1n) is 5.98. The van der Waals surface area contributed by atoms with Gasteiger partial charge in [-0.15, -0.1) is 11.3 Å². The second-order valence-corrected chi connectivity index (χ2v) is 6.41. The predicted octanol–water partition coefficient (Wildman–Crippen LogP) is 3.24. The molecule has 2 aromatic heterocycles. The molecule has 1 atom stereocenters. The van der Waals surface area contributed by atoms with Gasteiger partial charge in [0.05, 0.1) is 6.04 Å². The molecule has 0 bridgehead atoms. The number of fused-ring (bicyclic) bond motifs is 1. The average molecular weight is 264 g/mol. The molecule has 0 aliphatic heterocycles. The molecule has 3 rings (SSSR count). The topological polar surface area (TPSA) is 38.0 Å². The standard InChI is InChI=1S/C13H16N2S2/c14-15-13(10-5-6-16-8-10)12-7-9-3-1-2-4-11(9)17-12/h5-8,13,15H,1-4,14H2. The summed E-state index contributed by atoms with van der Waals surface area (Å²) in [5.74, 6) is 5.72. The molecule has 90 valence electrons. The van der Waals surface area contributed by atoms with Gasteiger partial charge in [-0.3, -0.25) is 5.84 Å². The molecule has 1 aliphatic rings. The lowest BCUT2D eigenvalue weighted by molar-refractivity contribution is 0.647. The van der Waals surface area contributed by atoms with Gasteiger partial charge in [0.25, 0.3) is 0 Å². The Kier molecular flexibility index (Phi) is 3.29. The van der Waals surface area contributed by atoms with Gasteiger partial charge in [-0.2, -0.15) is 11.3 Å². The zero-order valence-corrected chi connectivity index (χ0v) is 11.2. The number of thiophene rings is 2. The summed E-state index contributed by atoms with van der Waals surface area (Å²) in [4.78, 5) is 2.93. The van der Waals surface area contributed by atoms with E-state index < -0.39 is 0 Å². The van der Waals surface area contributed by atoms with Crippen LogP contribution in [0.15, 0.2) is 22.9 Å². The Balaban J connectivity index is 1.94. The van der Waals surface area contributed by atoms with Gasteiger partial charge in [-0.05, 0) is 59.7 Å². The highest BCUT2D eigenvalue weighted by atomic mass is 32.1. The minimum Gasteiger partial charge on any atom is -0.271 e. The average Bonchev–Trinajstić information content (AvgIpc) is 2.98. The number of nitrogens with one attached hydrogen (secondary N) is 1.